The topological polar surface area (TPSA) is 121 Å². The van der Waals surface area contributed by atoms with Crippen LogP contribution in [0.2, 0.25) is 0 Å². The van der Waals surface area contributed by atoms with E-state index in [-0.39, 0.29) is 12.9 Å². The van der Waals surface area contributed by atoms with Crippen LogP contribution in [-0.2, 0) is 20.9 Å². The average Bonchev–Trinajstić information content (AvgIpc) is 3.46. The van der Waals surface area contributed by atoms with Crippen molar-refractivity contribution in [1.29, 1.82) is 0 Å². The van der Waals surface area contributed by atoms with Gasteiger partial charge in [0.2, 0.25) is 0 Å². The SMILES string of the molecule is Cc1nc(N(C)C)sc1-c1cccc(-c2nccn2CCN2CCOCC2)c1.O=CO.O=CO. The number of thiazole rings is 1. The minimum Gasteiger partial charge on any atom is -0.483 e. The van der Waals surface area contributed by atoms with Gasteiger partial charge in [-0.05, 0) is 18.6 Å². The van der Waals surface area contributed by atoms with E-state index in [0.717, 1.165) is 61.6 Å². The Morgan fingerprint density at radius 3 is 2.38 bits per heavy atom. The number of hydrogen-bond acceptors (Lipinski definition) is 8. The van der Waals surface area contributed by atoms with Gasteiger partial charge in [-0.2, -0.15) is 0 Å². The van der Waals surface area contributed by atoms with E-state index >= 15 is 0 Å². The molecule has 34 heavy (non-hydrogen) atoms. The van der Waals surface area contributed by atoms with Crippen LogP contribution < -0.4 is 4.90 Å². The number of anilines is 1. The third-order valence-electron chi connectivity index (χ3n) is 5.03. The lowest BCUT2D eigenvalue weighted by Gasteiger charge is -2.26. The number of aromatic nitrogens is 3. The number of morpholine rings is 1. The number of nitrogens with zero attached hydrogens (tertiary/aromatic N) is 5. The first-order valence-electron chi connectivity index (χ1n) is 10.7. The van der Waals surface area contributed by atoms with Gasteiger partial charge in [0.15, 0.2) is 5.13 Å². The Hall–Kier alpha value is -3.28. The summed E-state index contributed by atoms with van der Waals surface area (Å²) in [6.07, 6.45) is 3.97. The van der Waals surface area contributed by atoms with E-state index in [1.807, 2.05) is 20.3 Å². The number of ether oxygens (including phenoxy) is 1. The smallest absolute Gasteiger partial charge is 0.290 e. The molecule has 0 amide bonds. The van der Waals surface area contributed by atoms with E-state index < -0.39 is 0 Å². The highest BCUT2D eigenvalue weighted by Gasteiger charge is 2.14. The van der Waals surface area contributed by atoms with E-state index in [0.29, 0.717) is 0 Å². The molecular weight excluding hydrogens is 458 g/mol. The zero-order valence-electron chi connectivity index (χ0n) is 19.6. The fraction of sp³-hybridized carbons (Fsp3) is 0.391. The monoisotopic (exact) mass is 489 g/mol. The maximum atomic E-state index is 8.36. The Bertz CT molecular complexity index is 1020. The minimum atomic E-state index is -0.250. The molecule has 0 bridgehead atoms. The standard InChI is InChI=1S/C21H27N5OS.2CH2O2/c1-16-19(28-21(23-16)24(2)3)17-5-4-6-18(15-17)20-22-7-8-26(20)10-9-25-11-13-27-14-12-25;2*2-1-3/h4-8,15H,9-14H2,1-3H3;2*1H,(H,2,3). The van der Waals surface area contributed by atoms with Crippen LogP contribution in [0.25, 0.3) is 21.8 Å². The Labute approximate surface area is 203 Å². The summed E-state index contributed by atoms with van der Waals surface area (Å²) in [5.74, 6) is 1.02. The van der Waals surface area contributed by atoms with Gasteiger partial charge in [-0.25, -0.2) is 9.97 Å². The third kappa shape index (κ3) is 7.65. The molecule has 0 atom stereocenters. The lowest BCUT2D eigenvalue weighted by molar-refractivity contribution is -0.123. The van der Waals surface area contributed by atoms with E-state index in [9.17, 15) is 0 Å². The third-order valence-corrected chi connectivity index (χ3v) is 6.40. The maximum Gasteiger partial charge on any atom is 0.290 e. The first-order chi connectivity index (χ1) is 16.4. The summed E-state index contributed by atoms with van der Waals surface area (Å²) in [5.41, 5.74) is 3.41. The Kier molecular flexibility index (Phi) is 11.2. The second-order valence-corrected chi connectivity index (χ2v) is 8.47. The molecule has 3 heterocycles. The van der Waals surface area contributed by atoms with Crippen molar-refractivity contribution in [3.05, 3.63) is 42.4 Å². The average molecular weight is 490 g/mol. The molecule has 10 nitrogen and oxygen atoms in total. The second kappa shape index (κ2) is 14.1. The quantitative estimate of drug-likeness (QED) is 0.503. The second-order valence-electron chi connectivity index (χ2n) is 7.50. The highest BCUT2D eigenvalue weighted by Crippen LogP contribution is 2.35. The molecule has 3 aromatic rings. The Balaban J connectivity index is 0.000000618. The van der Waals surface area contributed by atoms with Crippen LogP contribution in [0, 0.1) is 6.92 Å². The molecule has 0 aliphatic carbocycles. The Morgan fingerprint density at radius 1 is 1.12 bits per heavy atom. The fourth-order valence-electron chi connectivity index (χ4n) is 3.46. The summed E-state index contributed by atoms with van der Waals surface area (Å²) in [7, 11) is 4.06. The summed E-state index contributed by atoms with van der Waals surface area (Å²) < 4.78 is 7.69. The number of carbonyl (C=O) groups is 2. The van der Waals surface area contributed by atoms with Gasteiger partial charge >= 0.3 is 0 Å². The first-order valence-corrected chi connectivity index (χ1v) is 11.5. The normalized spacial score (nSPS) is 13.1. The van der Waals surface area contributed by atoms with E-state index in [1.165, 1.54) is 10.4 Å². The molecule has 1 aliphatic heterocycles. The predicted molar refractivity (Wildman–Crippen MR) is 132 cm³/mol. The molecule has 1 saturated heterocycles. The largest absolute Gasteiger partial charge is 0.483 e. The van der Waals surface area contributed by atoms with Crippen LogP contribution in [0.15, 0.2) is 36.7 Å². The number of rotatable bonds is 6. The zero-order chi connectivity index (χ0) is 24.9. The minimum absolute atomic E-state index is 0.250. The van der Waals surface area contributed by atoms with Gasteiger partial charge in [-0.3, -0.25) is 14.5 Å². The molecule has 0 unspecified atom stereocenters. The molecule has 0 saturated carbocycles. The van der Waals surface area contributed by atoms with Gasteiger partial charge in [-0.15, -0.1) is 0 Å². The molecule has 1 aromatic carbocycles. The number of benzene rings is 1. The zero-order valence-corrected chi connectivity index (χ0v) is 20.4. The number of imidazole rings is 1. The van der Waals surface area contributed by atoms with Gasteiger partial charge in [-0.1, -0.05) is 29.5 Å². The molecular formula is C23H31N5O5S. The maximum absolute atomic E-state index is 8.36. The van der Waals surface area contributed by atoms with Crippen LogP contribution in [0.5, 0.6) is 0 Å². The molecule has 11 heteroatoms. The highest BCUT2D eigenvalue weighted by molar-refractivity contribution is 7.19. The molecule has 1 fully saturated rings. The Morgan fingerprint density at radius 2 is 1.76 bits per heavy atom. The van der Waals surface area contributed by atoms with Crippen LogP contribution in [0.3, 0.4) is 0 Å². The van der Waals surface area contributed by atoms with Crippen LogP contribution >= 0.6 is 11.3 Å². The number of hydrogen-bond donors (Lipinski definition) is 2. The van der Waals surface area contributed by atoms with Gasteiger partial charge in [0, 0.05) is 58.2 Å². The van der Waals surface area contributed by atoms with E-state index in [4.69, 9.17) is 24.5 Å². The summed E-state index contributed by atoms with van der Waals surface area (Å²) in [4.78, 5) is 31.8. The van der Waals surface area contributed by atoms with E-state index in [1.54, 1.807) is 11.3 Å². The van der Waals surface area contributed by atoms with Crippen molar-refractivity contribution in [2.75, 3.05) is 51.8 Å². The van der Waals surface area contributed by atoms with Crippen molar-refractivity contribution in [3.63, 3.8) is 0 Å². The lowest BCUT2D eigenvalue weighted by atomic mass is 10.1. The van der Waals surface area contributed by atoms with Gasteiger partial charge in [0.05, 0.1) is 23.8 Å². The van der Waals surface area contributed by atoms with Gasteiger partial charge in [0.1, 0.15) is 5.82 Å². The highest BCUT2D eigenvalue weighted by atomic mass is 32.1. The molecule has 0 spiro atoms. The summed E-state index contributed by atoms with van der Waals surface area (Å²) in [6, 6.07) is 8.64. The van der Waals surface area contributed by atoms with Gasteiger partial charge < -0.3 is 24.4 Å². The number of aryl methyl sites for hydroxylation is 1. The van der Waals surface area contributed by atoms with Crippen molar-refractivity contribution in [1.82, 2.24) is 19.4 Å². The predicted octanol–water partition coefficient (Wildman–Crippen LogP) is 2.78. The van der Waals surface area contributed by atoms with Crippen LogP contribution in [0.1, 0.15) is 5.69 Å². The van der Waals surface area contributed by atoms with Crippen molar-refractivity contribution in [2.45, 2.75) is 13.5 Å². The summed E-state index contributed by atoms with van der Waals surface area (Å²) in [5, 5.41) is 14.8. The van der Waals surface area contributed by atoms with Crippen molar-refractivity contribution >= 4 is 29.4 Å². The molecule has 1 aliphatic rings. The van der Waals surface area contributed by atoms with Gasteiger partial charge in [0.25, 0.3) is 12.9 Å². The summed E-state index contributed by atoms with van der Waals surface area (Å²) in [6.45, 7) is 7.23. The summed E-state index contributed by atoms with van der Waals surface area (Å²) >= 11 is 1.73. The van der Waals surface area contributed by atoms with Crippen molar-refractivity contribution in [3.8, 4) is 21.8 Å². The van der Waals surface area contributed by atoms with E-state index in [2.05, 4.69) is 61.7 Å². The molecule has 2 aromatic heterocycles. The van der Waals surface area contributed by atoms with Crippen molar-refractivity contribution in [2.24, 2.45) is 0 Å². The number of carboxylic acid groups (broad SMARTS) is 2. The van der Waals surface area contributed by atoms with Crippen LogP contribution in [-0.4, -0.2) is 89.5 Å². The first kappa shape index (κ1) is 27.0. The molecule has 4 rings (SSSR count). The van der Waals surface area contributed by atoms with Crippen molar-refractivity contribution < 1.29 is 24.5 Å². The molecule has 184 valence electrons. The fourth-order valence-corrected chi connectivity index (χ4v) is 4.45. The molecule has 2 N–H and O–H groups in total. The molecule has 0 radical (unpaired) electrons. The lowest BCUT2D eigenvalue weighted by Crippen LogP contribution is -2.38. The van der Waals surface area contributed by atoms with Crippen LogP contribution in [0.4, 0.5) is 5.13 Å².